The Balaban J connectivity index is -0.000000174. The van der Waals surface area contributed by atoms with Crippen LogP contribution >= 0.6 is 24.1 Å². The zero-order chi connectivity index (χ0) is 23.5. The van der Waals surface area contributed by atoms with Gasteiger partial charge in [0.1, 0.15) is 18.5 Å². The third-order valence-corrected chi connectivity index (χ3v) is 6.38. The minimum Gasteiger partial charge on any atom is -0.596 e. The predicted octanol–water partition coefficient (Wildman–Crippen LogP) is 6.18. The molecule has 0 aromatic heterocycles. The van der Waals surface area contributed by atoms with Crippen molar-refractivity contribution in [3.05, 3.63) is 0 Å². The Morgan fingerprint density at radius 2 is 0.613 bits per heavy atom. The van der Waals surface area contributed by atoms with Crippen molar-refractivity contribution in [2.45, 2.75) is 117 Å². The van der Waals surface area contributed by atoms with Gasteiger partial charge in [0.25, 0.3) is 0 Å². The third kappa shape index (κ3) is 53.7. The third-order valence-electron chi connectivity index (χ3n) is 4.33. The molecule has 0 radical (unpaired) electrons. The maximum Gasteiger partial charge on any atom is 3.00 e. The summed E-state index contributed by atoms with van der Waals surface area (Å²) in [7, 11) is -6.36. The van der Waals surface area contributed by atoms with Gasteiger partial charge in [-0.3, -0.25) is 0 Å². The summed E-state index contributed by atoms with van der Waals surface area (Å²) >= 11 is 0. The van der Waals surface area contributed by atoms with Crippen molar-refractivity contribution in [3.8, 4) is 0 Å². The Labute approximate surface area is 204 Å². The molecule has 0 heterocycles. The van der Waals surface area contributed by atoms with Crippen LogP contribution in [0, 0.1) is 0 Å². The van der Waals surface area contributed by atoms with Crippen LogP contribution in [0.1, 0.15) is 117 Å². The molecule has 3 atom stereocenters. The van der Waals surface area contributed by atoms with E-state index in [1.54, 1.807) is 0 Å². The Morgan fingerprint density at radius 1 is 0.419 bits per heavy atom. The van der Waals surface area contributed by atoms with Crippen molar-refractivity contribution in [2.24, 2.45) is 0 Å². The Morgan fingerprint density at radius 3 is 0.774 bits per heavy atom. The van der Waals surface area contributed by atoms with Gasteiger partial charge in [-0.2, -0.15) is 0 Å². The van der Waals surface area contributed by atoms with Gasteiger partial charge in [0.2, 0.25) is 0 Å². The van der Waals surface area contributed by atoms with E-state index < -0.39 is 24.1 Å². The molecule has 31 heavy (non-hydrogen) atoms. The van der Waals surface area contributed by atoms with E-state index in [1.165, 1.54) is 57.8 Å². The molecule has 0 aliphatic heterocycles. The maximum atomic E-state index is 10.1. The maximum absolute atomic E-state index is 10.1. The fraction of sp³-hybridized carbons (Fsp3) is 1.00. The SMILES string of the molecule is CCCCCCC[P+](=O)[O-].CCCCCCC[P+](=O)[O-].CCCCCCC[P+](=O)[O-].[Co+3]. The molecule has 0 fully saturated rings. The summed E-state index contributed by atoms with van der Waals surface area (Å²) in [6.07, 6.45) is 17.7. The number of rotatable bonds is 18. The number of hydrogen-bond donors (Lipinski definition) is 0. The van der Waals surface area contributed by atoms with Crippen molar-refractivity contribution in [1.82, 2.24) is 0 Å². The van der Waals surface area contributed by atoms with Crippen LogP contribution in [0.2, 0.25) is 0 Å². The van der Waals surface area contributed by atoms with Crippen molar-refractivity contribution in [3.63, 3.8) is 0 Å². The zero-order valence-corrected chi connectivity index (χ0v) is 23.6. The molecule has 0 aliphatic rings. The fourth-order valence-corrected chi connectivity index (χ4v) is 3.98. The average molecular weight is 545 g/mol. The molecule has 0 aromatic rings. The van der Waals surface area contributed by atoms with Crippen LogP contribution in [-0.2, 0) is 30.5 Å². The van der Waals surface area contributed by atoms with Crippen molar-refractivity contribution in [2.75, 3.05) is 18.5 Å². The van der Waals surface area contributed by atoms with Crippen LogP contribution < -0.4 is 14.7 Å². The van der Waals surface area contributed by atoms with E-state index in [9.17, 15) is 28.4 Å². The van der Waals surface area contributed by atoms with Gasteiger partial charge < -0.3 is 14.7 Å². The Bertz CT molecular complexity index is 344. The molecule has 0 aliphatic carbocycles. The topological polar surface area (TPSA) is 120 Å². The second-order valence-electron chi connectivity index (χ2n) is 7.41. The van der Waals surface area contributed by atoms with E-state index in [-0.39, 0.29) is 16.8 Å². The van der Waals surface area contributed by atoms with E-state index in [1.807, 2.05) is 0 Å². The van der Waals surface area contributed by atoms with Gasteiger partial charge in [-0.05, 0) is 38.5 Å². The standard InChI is InChI=1S/3C7H15O2P.Co/c3*1-2-3-4-5-6-7-10(8)9;/h3*2-7H2,1H3;/q;;;+3. The van der Waals surface area contributed by atoms with Crippen LogP contribution in [-0.4, -0.2) is 18.5 Å². The summed E-state index contributed by atoms with van der Waals surface area (Å²) in [6.45, 7) is 6.44. The smallest absolute Gasteiger partial charge is 0.596 e. The van der Waals surface area contributed by atoms with E-state index in [0.29, 0.717) is 18.5 Å². The average Bonchev–Trinajstić information content (AvgIpc) is 2.68. The van der Waals surface area contributed by atoms with Gasteiger partial charge in [-0.15, -0.1) is 0 Å². The molecule has 0 bridgehead atoms. The number of hydrogen-bond acceptors (Lipinski definition) is 6. The summed E-state index contributed by atoms with van der Waals surface area (Å²) < 4.78 is 30.2. The number of unbranched alkanes of at least 4 members (excludes halogenated alkanes) is 12. The van der Waals surface area contributed by atoms with Crippen molar-refractivity contribution < 1.29 is 45.2 Å². The van der Waals surface area contributed by atoms with Crippen LogP contribution in [0.15, 0.2) is 0 Å². The summed E-state index contributed by atoms with van der Waals surface area (Å²) in [5.41, 5.74) is 0. The van der Waals surface area contributed by atoms with Crippen molar-refractivity contribution >= 4 is 24.1 Å². The van der Waals surface area contributed by atoms with Crippen molar-refractivity contribution in [1.29, 1.82) is 0 Å². The van der Waals surface area contributed by atoms with E-state index in [4.69, 9.17) is 0 Å². The summed E-state index contributed by atoms with van der Waals surface area (Å²) in [5, 5.41) is 0. The molecule has 0 spiro atoms. The zero-order valence-electron chi connectivity index (χ0n) is 19.9. The van der Waals surface area contributed by atoms with E-state index in [2.05, 4.69) is 20.8 Å². The molecule has 0 amide bonds. The second kappa shape index (κ2) is 35.3. The minimum absolute atomic E-state index is 0. The molecule has 0 saturated carbocycles. The van der Waals surface area contributed by atoms with Crippen LogP contribution in [0.25, 0.3) is 0 Å². The fourth-order valence-electron chi connectivity index (χ4n) is 2.53. The summed E-state index contributed by atoms with van der Waals surface area (Å²) in [4.78, 5) is 30.2. The molecule has 0 saturated heterocycles. The molecular weight excluding hydrogens is 500 g/mol. The first-order valence-corrected chi connectivity index (χ1v) is 15.8. The van der Waals surface area contributed by atoms with Gasteiger partial charge in [0.05, 0.1) is 0 Å². The Kier molecular flexibility index (Phi) is 44.3. The first-order chi connectivity index (χ1) is 14.3. The van der Waals surface area contributed by atoms with Crippen LogP contribution in [0.3, 0.4) is 0 Å². The molecule has 0 rings (SSSR count). The summed E-state index contributed by atoms with van der Waals surface area (Å²) in [6, 6.07) is 0. The first-order valence-electron chi connectivity index (χ1n) is 11.7. The largest absolute Gasteiger partial charge is 3.00 e. The predicted molar refractivity (Wildman–Crippen MR) is 124 cm³/mol. The Hall–Kier alpha value is 0.686. The second-order valence-corrected chi connectivity index (χ2v) is 10.7. The summed E-state index contributed by atoms with van der Waals surface area (Å²) in [5.74, 6) is 0. The van der Waals surface area contributed by atoms with E-state index >= 15 is 0 Å². The minimum atomic E-state index is -2.12. The quantitative estimate of drug-likeness (QED) is 0.150. The monoisotopic (exact) mass is 545 g/mol. The van der Waals surface area contributed by atoms with Gasteiger partial charge in [0, 0.05) is 0 Å². The molecular formula is C21H45CoO6P3+3. The van der Waals surface area contributed by atoms with Gasteiger partial charge in [-0.25, -0.2) is 0 Å². The molecule has 6 nitrogen and oxygen atoms in total. The van der Waals surface area contributed by atoms with Gasteiger partial charge >= 0.3 is 40.9 Å². The molecule has 0 aromatic carbocycles. The molecule has 10 heteroatoms. The van der Waals surface area contributed by atoms with Gasteiger partial charge in [-0.1, -0.05) is 92.3 Å². The van der Waals surface area contributed by atoms with Gasteiger partial charge in [0.15, 0.2) is 0 Å². The van der Waals surface area contributed by atoms with Crippen LogP contribution in [0.5, 0.6) is 0 Å². The van der Waals surface area contributed by atoms with Crippen LogP contribution in [0.4, 0.5) is 0 Å². The normalized spacial score (nSPS) is 11.2. The molecule has 0 N–H and O–H groups in total. The molecule has 3 unspecified atom stereocenters. The molecule has 186 valence electrons. The first kappa shape index (κ1) is 38.9. The van der Waals surface area contributed by atoms with E-state index in [0.717, 1.165) is 38.5 Å².